The molecule has 18 heavy (non-hydrogen) atoms. The second-order valence-electron chi connectivity index (χ2n) is 6.56. The van der Waals surface area contributed by atoms with E-state index in [9.17, 15) is 13.0 Å². The van der Waals surface area contributed by atoms with Crippen molar-refractivity contribution in [2.24, 2.45) is 0 Å². The molecule has 4 unspecified atom stereocenters. The predicted octanol–water partition coefficient (Wildman–Crippen LogP) is 4.08. The summed E-state index contributed by atoms with van der Waals surface area (Å²) >= 11 is 0. The average molecular weight is 278 g/mol. The van der Waals surface area contributed by atoms with Crippen molar-refractivity contribution in [1.82, 2.24) is 0 Å². The number of hydrogen-bond acceptors (Lipinski definition) is 1. The zero-order valence-corrected chi connectivity index (χ0v) is 12.2. The molecule has 0 aromatic heterocycles. The molecule has 0 N–H and O–H groups in total. The molecule has 2 saturated carbocycles. The average Bonchev–Trinajstić information content (AvgIpc) is 2.27. The zero-order chi connectivity index (χ0) is 13.4. The monoisotopic (exact) mass is 278 g/mol. The number of halogens is 2. The SMILES string of the molecule is CC1(S(=O)C2(C)CCCC(F)C2)CCCC(F)C1. The maximum atomic E-state index is 13.6. The standard InChI is InChI=1S/C14H24F2OS/c1-13(7-3-5-11(15)9-13)18(17)14(2)8-4-6-12(16)10-14/h11-12H,3-10H2,1-2H3. The van der Waals surface area contributed by atoms with Crippen molar-refractivity contribution in [3.63, 3.8) is 0 Å². The van der Waals surface area contributed by atoms with Crippen molar-refractivity contribution in [2.75, 3.05) is 0 Å². The van der Waals surface area contributed by atoms with Crippen molar-refractivity contribution in [3.05, 3.63) is 0 Å². The molecule has 0 radical (unpaired) electrons. The largest absolute Gasteiger partial charge is 0.258 e. The molecular formula is C14H24F2OS. The lowest BCUT2D eigenvalue weighted by atomic mass is 9.87. The Morgan fingerprint density at radius 1 is 0.944 bits per heavy atom. The summed E-state index contributed by atoms with van der Waals surface area (Å²) in [7, 11) is -1.15. The molecule has 1 nitrogen and oxygen atoms in total. The first-order valence-corrected chi connectivity index (χ1v) is 8.21. The van der Waals surface area contributed by atoms with Crippen LogP contribution in [0.25, 0.3) is 0 Å². The maximum Gasteiger partial charge on any atom is 0.102 e. The third-order valence-electron chi connectivity index (χ3n) is 4.65. The Kier molecular flexibility index (Phi) is 4.15. The third kappa shape index (κ3) is 2.78. The van der Waals surface area contributed by atoms with Gasteiger partial charge < -0.3 is 0 Å². The van der Waals surface area contributed by atoms with Crippen LogP contribution in [0.3, 0.4) is 0 Å². The first-order chi connectivity index (χ1) is 8.36. The molecule has 0 aromatic carbocycles. The predicted molar refractivity (Wildman–Crippen MR) is 71.7 cm³/mol. The van der Waals surface area contributed by atoms with Crippen LogP contribution in [-0.4, -0.2) is 26.0 Å². The smallest absolute Gasteiger partial charge is 0.102 e. The molecule has 0 aliphatic heterocycles. The van der Waals surface area contributed by atoms with Crippen molar-refractivity contribution in [3.8, 4) is 0 Å². The van der Waals surface area contributed by atoms with E-state index in [0.717, 1.165) is 25.7 Å². The molecule has 2 aliphatic carbocycles. The van der Waals surface area contributed by atoms with Crippen molar-refractivity contribution in [1.29, 1.82) is 0 Å². The summed E-state index contributed by atoms with van der Waals surface area (Å²) in [6, 6.07) is 0. The molecule has 106 valence electrons. The summed E-state index contributed by atoms with van der Waals surface area (Å²) in [5.74, 6) is 0. The van der Waals surface area contributed by atoms with Crippen LogP contribution in [0.4, 0.5) is 8.78 Å². The molecule has 2 aliphatic rings. The lowest BCUT2D eigenvalue weighted by molar-refractivity contribution is 0.206. The van der Waals surface area contributed by atoms with Gasteiger partial charge in [0.15, 0.2) is 0 Å². The summed E-state index contributed by atoms with van der Waals surface area (Å²) in [5, 5.41) is 0. The third-order valence-corrected chi connectivity index (χ3v) is 7.18. The molecule has 0 heterocycles. The van der Waals surface area contributed by atoms with Gasteiger partial charge >= 0.3 is 0 Å². The van der Waals surface area contributed by atoms with Gasteiger partial charge in [-0.25, -0.2) is 8.78 Å². The number of alkyl halides is 2. The van der Waals surface area contributed by atoms with E-state index < -0.39 is 32.6 Å². The quantitative estimate of drug-likeness (QED) is 0.744. The molecule has 0 amide bonds. The van der Waals surface area contributed by atoms with E-state index in [-0.39, 0.29) is 0 Å². The van der Waals surface area contributed by atoms with Gasteiger partial charge in [-0.2, -0.15) is 0 Å². The first-order valence-electron chi connectivity index (χ1n) is 7.06. The van der Waals surface area contributed by atoms with E-state index >= 15 is 0 Å². The van der Waals surface area contributed by atoms with Crippen LogP contribution in [-0.2, 0) is 10.8 Å². The Hall–Kier alpha value is 0.01000. The van der Waals surface area contributed by atoms with Crippen LogP contribution < -0.4 is 0 Å². The van der Waals surface area contributed by atoms with Crippen LogP contribution in [0.2, 0.25) is 0 Å². The van der Waals surface area contributed by atoms with Crippen LogP contribution in [0, 0.1) is 0 Å². The first kappa shape index (κ1) is 14.4. The van der Waals surface area contributed by atoms with Crippen LogP contribution in [0.15, 0.2) is 0 Å². The van der Waals surface area contributed by atoms with E-state index in [0.29, 0.717) is 25.7 Å². The highest BCUT2D eigenvalue weighted by Crippen LogP contribution is 2.44. The Labute approximate surface area is 111 Å². The van der Waals surface area contributed by atoms with Crippen molar-refractivity contribution >= 4 is 10.8 Å². The Bertz CT molecular complexity index is 306. The summed E-state index contributed by atoms with van der Waals surface area (Å²) in [4.78, 5) is 0. The zero-order valence-electron chi connectivity index (χ0n) is 11.4. The fraction of sp³-hybridized carbons (Fsp3) is 1.00. The fourth-order valence-electron chi connectivity index (χ4n) is 3.67. The molecule has 2 rings (SSSR count). The highest BCUT2D eigenvalue weighted by Gasteiger charge is 2.47. The van der Waals surface area contributed by atoms with Crippen LogP contribution in [0.5, 0.6) is 0 Å². The molecule has 0 spiro atoms. The molecule has 2 fully saturated rings. The highest BCUT2D eigenvalue weighted by molar-refractivity contribution is 7.87. The van der Waals surface area contributed by atoms with E-state index in [1.165, 1.54) is 0 Å². The minimum atomic E-state index is -1.15. The van der Waals surface area contributed by atoms with Gasteiger partial charge in [0, 0.05) is 20.3 Å². The van der Waals surface area contributed by atoms with Crippen molar-refractivity contribution in [2.45, 2.75) is 87.1 Å². The van der Waals surface area contributed by atoms with Gasteiger partial charge in [0.25, 0.3) is 0 Å². The van der Waals surface area contributed by atoms with E-state index in [1.807, 2.05) is 13.8 Å². The van der Waals surface area contributed by atoms with E-state index in [4.69, 9.17) is 0 Å². The topological polar surface area (TPSA) is 17.1 Å². The van der Waals surface area contributed by atoms with E-state index in [1.54, 1.807) is 0 Å². The lowest BCUT2D eigenvalue weighted by Crippen LogP contribution is -2.49. The summed E-state index contributed by atoms with van der Waals surface area (Å²) in [5.41, 5.74) is 0. The summed E-state index contributed by atoms with van der Waals surface area (Å²) in [6.07, 6.45) is 3.51. The minimum absolute atomic E-state index is 0.381. The van der Waals surface area contributed by atoms with Gasteiger partial charge in [-0.1, -0.05) is 0 Å². The van der Waals surface area contributed by atoms with Crippen LogP contribution >= 0.6 is 0 Å². The van der Waals surface area contributed by atoms with Gasteiger partial charge in [-0.05, 0) is 65.2 Å². The van der Waals surface area contributed by atoms with Gasteiger partial charge in [-0.3, -0.25) is 4.21 Å². The maximum absolute atomic E-state index is 13.6. The molecule has 0 bridgehead atoms. The molecular weight excluding hydrogens is 254 g/mol. The summed E-state index contributed by atoms with van der Waals surface area (Å²) in [6.45, 7) is 3.86. The molecule has 0 saturated heterocycles. The van der Waals surface area contributed by atoms with Gasteiger partial charge in [0.05, 0.1) is 0 Å². The van der Waals surface area contributed by atoms with Gasteiger partial charge in [-0.15, -0.1) is 0 Å². The number of rotatable bonds is 2. The molecule has 4 atom stereocenters. The molecule has 0 aromatic rings. The normalized spacial score (nSPS) is 47.8. The van der Waals surface area contributed by atoms with Gasteiger partial charge in [0.1, 0.15) is 12.3 Å². The fourth-order valence-corrected chi connectivity index (χ4v) is 6.19. The van der Waals surface area contributed by atoms with E-state index in [2.05, 4.69) is 0 Å². The Balaban J connectivity index is 2.14. The molecule has 4 heteroatoms. The summed E-state index contributed by atoms with van der Waals surface area (Å²) < 4.78 is 39.2. The van der Waals surface area contributed by atoms with Gasteiger partial charge in [0.2, 0.25) is 0 Å². The van der Waals surface area contributed by atoms with Crippen molar-refractivity contribution < 1.29 is 13.0 Å². The second kappa shape index (κ2) is 5.18. The highest BCUT2D eigenvalue weighted by atomic mass is 32.2. The Morgan fingerprint density at radius 3 is 1.67 bits per heavy atom. The second-order valence-corrected chi connectivity index (χ2v) is 9.06. The Morgan fingerprint density at radius 2 is 1.33 bits per heavy atom. The minimum Gasteiger partial charge on any atom is -0.258 e. The van der Waals surface area contributed by atoms with Crippen LogP contribution in [0.1, 0.15) is 65.2 Å². The lowest BCUT2D eigenvalue weighted by Gasteiger charge is -2.44. The number of hydrogen-bond donors (Lipinski definition) is 0.